The Labute approximate surface area is 126 Å². The summed E-state index contributed by atoms with van der Waals surface area (Å²) in [5.41, 5.74) is 0.803. The minimum atomic E-state index is -1.03. The van der Waals surface area contributed by atoms with Gasteiger partial charge in [0.1, 0.15) is 5.82 Å². The van der Waals surface area contributed by atoms with E-state index >= 15 is 0 Å². The van der Waals surface area contributed by atoms with Crippen molar-refractivity contribution in [3.63, 3.8) is 0 Å². The summed E-state index contributed by atoms with van der Waals surface area (Å²) in [6, 6.07) is 6.02. The SMILES string of the molecule is Fc1cc(Cl)c(C(Br)c2ccc(Cl)c(F)c2)cc1F. The molecule has 2 rings (SSSR count). The molecule has 0 nitrogen and oxygen atoms in total. The van der Waals surface area contributed by atoms with E-state index in [1.54, 1.807) is 6.07 Å². The molecule has 0 aromatic heterocycles. The molecule has 2 aromatic carbocycles. The minimum absolute atomic E-state index is 0.0140. The highest BCUT2D eigenvalue weighted by atomic mass is 79.9. The number of halogens is 6. The van der Waals surface area contributed by atoms with E-state index in [4.69, 9.17) is 23.2 Å². The van der Waals surface area contributed by atoms with Crippen LogP contribution >= 0.6 is 39.1 Å². The van der Waals surface area contributed by atoms with Gasteiger partial charge in [-0.1, -0.05) is 45.2 Å². The van der Waals surface area contributed by atoms with Crippen LogP contribution in [0.2, 0.25) is 10.0 Å². The maximum Gasteiger partial charge on any atom is 0.160 e. The van der Waals surface area contributed by atoms with E-state index in [1.165, 1.54) is 12.1 Å². The van der Waals surface area contributed by atoms with Crippen LogP contribution in [0.3, 0.4) is 0 Å². The van der Waals surface area contributed by atoms with E-state index < -0.39 is 22.3 Å². The van der Waals surface area contributed by atoms with E-state index in [9.17, 15) is 13.2 Å². The summed E-state index contributed by atoms with van der Waals surface area (Å²) in [6.45, 7) is 0. The second-order valence-corrected chi connectivity index (χ2v) is 5.55. The van der Waals surface area contributed by atoms with Crippen LogP contribution in [0.25, 0.3) is 0 Å². The van der Waals surface area contributed by atoms with Crippen LogP contribution in [0.5, 0.6) is 0 Å². The molecule has 0 fully saturated rings. The molecule has 1 unspecified atom stereocenters. The number of alkyl halides is 1. The summed E-state index contributed by atoms with van der Waals surface area (Å²) >= 11 is 14.7. The number of rotatable bonds is 2. The predicted octanol–water partition coefficient (Wildman–Crippen LogP) is 5.90. The molecule has 1 atom stereocenters. The average Bonchev–Trinajstić information content (AvgIpc) is 2.36. The molecule has 0 spiro atoms. The van der Waals surface area contributed by atoms with Crippen LogP contribution in [0, 0.1) is 17.5 Å². The second kappa shape index (κ2) is 5.73. The summed E-state index contributed by atoms with van der Waals surface area (Å²) in [6.07, 6.45) is 0. The first-order valence-corrected chi connectivity index (χ1v) is 6.80. The van der Waals surface area contributed by atoms with Gasteiger partial charge in [0.05, 0.1) is 9.85 Å². The summed E-state index contributed by atoms with van der Waals surface area (Å²) in [5, 5.41) is 0.0379. The fourth-order valence-corrected chi connectivity index (χ4v) is 2.75. The van der Waals surface area contributed by atoms with Gasteiger partial charge in [-0.15, -0.1) is 0 Å². The van der Waals surface area contributed by atoms with Crippen LogP contribution in [-0.2, 0) is 0 Å². The lowest BCUT2D eigenvalue weighted by atomic mass is 10.0. The Morgan fingerprint density at radius 1 is 0.842 bits per heavy atom. The first kappa shape index (κ1) is 14.7. The van der Waals surface area contributed by atoms with Crippen molar-refractivity contribution in [2.75, 3.05) is 0 Å². The second-order valence-electron chi connectivity index (χ2n) is 3.82. The molecule has 0 saturated carbocycles. The molecule has 2 aromatic rings. The highest BCUT2D eigenvalue weighted by Crippen LogP contribution is 2.37. The molecule has 0 heterocycles. The lowest BCUT2D eigenvalue weighted by molar-refractivity contribution is 0.507. The van der Waals surface area contributed by atoms with Gasteiger partial charge >= 0.3 is 0 Å². The third-order valence-corrected chi connectivity index (χ3v) is 4.20. The lowest BCUT2D eigenvalue weighted by Crippen LogP contribution is -1.98. The zero-order valence-electron chi connectivity index (χ0n) is 9.23. The molecule has 0 saturated heterocycles. The van der Waals surface area contributed by atoms with Crippen molar-refractivity contribution in [3.8, 4) is 0 Å². The molecule has 19 heavy (non-hydrogen) atoms. The fourth-order valence-electron chi connectivity index (χ4n) is 1.58. The maximum absolute atomic E-state index is 13.4. The van der Waals surface area contributed by atoms with Crippen LogP contribution in [0.1, 0.15) is 16.0 Å². The minimum Gasteiger partial charge on any atom is -0.205 e. The largest absolute Gasteiger partial charge is 0.205 e. The Bertz CT molecular complexity index is 632. The molecule has 0 N–H and O–H groups in total. The Balaban J connectivity index is 2.46. The molecule has 0 aliphatic heterocycles. The van der Waals surface area contributed by atoms with Gasteiger partial charge in [0.15, 0.2) is 11.6 Å². The summed E-state index contributed by atoms with van der Waals surface area (Å²) in [5.74, 6) is -2.64. The van der Waals surface area contributed by atoms with E-state index in [1.807, 2.05) is 0 Å². The van der Waals surface area contributed by atoms with Crippen LogP contribution in [0.15, 0.2) is 30.3 Å². The van der Waals surface area contributed by atoms with Crippen molar-refractivity contribution in [3.05, 3.63) is 69.0 Å². The normalized spacial score (nSPS) is 12.5. The Hall–Kier alpha value is -0.710. The monoisotopic (exact) mass is 368 g/mol. The smallest absolute Gasteiger partial charge is 0.160 e. The summed E-state index contributed by atoms with van der Waals surface area (Å²) in [4.78, 5) is -0.568. The van der Waals surface area contributed by atoms with Gasteiger partial charge in [0.2, 0.25) is 0 Å². The van der Waals surface area contributed by atoms with Crippen molar-refractivity contribution in [1.82, 2.24) is 0 Å². The Morgan fingerprint density at radius 3 is 2.11 bits per heavy atom. The van der Waals surface area contributed by atoms with Gasteiger partial charge < -0.3 is 0 Å². The average molecular weight is 370 g/mol. The third-order valence-electron chi connectivity index (χ3n) is 2.55. The number of hydrogen-bond acceptors (Lipinski definition) is 0. The number of hydrogen-bond donors (Lipinski definition) is 0. The molecular weight excluding hydrogens is 364 g/mol. The summed E-state index contributed by atoms with van der Waals surface area (Å²) < 4.78 is 39.6. The van der Waals surface area contributed by atoms with Crippen LogP contribution in [-0.4, -0.2) is 0 Å². The first-order valence-electron chi connectivity index (χ1n) is 5.13. The molecule has 0 radical (unpaired) electrons. The standard InChI is InChI=1S/C13H6BrCl2F3/c14-13(6-1-2-8(15)10(17)3-6)7-4-11(18)12(19)5-9(7)16/h1-5,13H. The van der Waals surface area contributed by atoms with Crippen molar-refractivity contribution in [2.24, 2.45) is 0 Å². The molecule has 6 heteroatoms. The van der Waals surface area contributed by atoms with Gasteiger partial charge in [0.25, 0.3) is 0 Å². The van der Waals surface area contributed by atoms with Crippen molar-refractivity contribution in [1.29, 1.82) is 0 Å². The van der Waals surface area contributed by atoms with E-state index in [-0.39, 0.29) is 10.0 Å². The molecular formula is C13H6BrCl2F3. The van der Waals surface area contributed by atoms with Crippen molar-refractivity contribution < 1.29 is 13.2 Å². The van der Waals surface area contributed by atoms with Crippen molar-refractivity contribution >= 4 is 39.1 Å². The zero-order chi connectivity index (χ0) is 14.2. The zero-order valence-corrected chi connectivity index (χ0v) is 12.3. The Morgan fingerprint density at radius 2 is 1.47 bits per heavy atom. The van der Waals surface area contributed by atoms with E-state index in [2.05, 4.69) is 15.9 Å². The third kappa shape index (κ3) is 3.07. The van der Waals surface area contributed by atoms with Gasteiger partial charge in [0, 0.05) is 5.02 Å². The topological polar surface area (TPSA) is 0 Å². The van der Waals surface area contributed by atoms with Crippen LogP contribution in [0.4, 0.5) is 13.2 Å². The highest BCUT2D eigenvalue weighted by Gasteiger charge is 2.18. The molecule has 0 aliphatic rings. The van der Waals surface area contributed by atoms with Gasteiger partial charge in [-0.05, 0) is 35.4 Å². The lowest BCUT2D eigenvalue weighted by Gasteiger charge is -2.13. The van der Waals surface area contributed by atoms with E-state index in [0.717, 1.165) is 12.1 Å². The molecule has 100 valence electrons. The van der Waals surface area contributed by atoms with Gasteiger partial charge in [-0.3, -0.25) is 0 Å². The molecule has 0 bridgehead atoms. The fraction of sp³-hybridized carbons (Fsp3) is 0.0769. The van der Waals surface area contributed by atoms with Crippen molar-refractivity contribution in [2.45, 2.75) is 4.83 Å². The Kier molecular flexibility index (Phi) is 4.43. The van der Waals surface area contributed by atoms with Gasteiger partial charge in [-0.2, -0.15) is 0 Å². The van der Waals surface area contributed by atoms with E-state index in [0.29, 0.717) is 11.1 Å². The maximum atomic E-state index is 13.4. The van der Waals surface area contributed by atoms with Gasteiger partial charge in [-0.25, -0.2) is 13.2 Å². The summed E-state index contributed by atoms with van der Waals surface area (Å²) in [7, 11) is 0. The highest BCUT2D eigenvalue weighted by molar-refractivity contribution is 9.09. The predicted molar refractivity (Wildman–Crippen MR) is 73.5 cm³/mol. The molecule has 0 aliphatic carbocycles. The first-order chi connectivity index (χ1) is 8.90. The molecule has 0 amide bonds. The quantitative estimate of drug-likeness (QED) is 0.457. The number of benzene rings is 2. The van der Waals surface area contributed by atoms with Crippen LogP contribution < -0.4 is 0 Å².